The first-order valence-corrected chi connectivity index (χ1v) is 7.62. The lowest BCUT2D eigenvalue weighted by Gasteiger charge is -2.33. The van der Waals surface area contributed by atoms with Crippen LogP contribution in [0.4, 0.5) is 0 Å². The average molecular weight is 267 g/mol. The SMILES string of the molecule is CC(C(=O)NC1CCOC1C1CC1)N1CCNCC1. The van der Waals surface area contributed by atoms with Gasteiger partial charge in [0.25, 0.3) is 0 Å². The average Bonchev–Trinajstić information content (AvgIpc) is 3.19. The molecule has 108 valence electrons. The lowest BCUT2D eigenvalue weighted by Crippen LogP contribution is -2.55. The molecule has 2 heterocycles. The van der Waals surface area contributed by atoms with Gasteiger partial charge in [0.05, 0.1) is 18.2 Å². The van der Waals surface area contributed by atoms with Crippen LogP contribution in [-0.2, 0) is 9.53 Å². The smallest absolute Gasteiger partial charge is 0.237 e. The number of piperazine rings is 1. The molecule has 1 saturated carbocycles. The molecule has 0 bridgehead atoms. The van der Waals surface area contributed by atoms with Crippen LogP contribution in [0.1, 0.15) is 26.2 Å². The third-order valence-electron chi connectivity index (χ3n) is 4.63. The van der Waals surface area contributed by atoms with Gasteiger partial charge < -0.3 is 15.4 Å². The minimum Gasteiger partial charge on any atom is -0.376 e. The molecule has 0 aromatic rings. The van der Waals surface area contributed by atoms with Crippen molar-refractivity contribution in [3.63, 3.8) is 0 Å². The van der Waals surface area contributed by atoms with Gasteiger partial charge in [-0.3, -0.25) is 9.69 Å². The van der Waals surface area contributed by atoms with Gasteiger partial charge in [0, 0.05) is 32.8 Å². The van der Waals surface area contributed by atoms with Gasteiger partial charge in [-0.25, -0.2) is 0 Å². The van der Waals surface area contributed by atoms with E-state index in [0.717, 1.165) is 39.2 Å². The molecule has 2 saturated heterocycles. The van der Waals surface area contributed by atoms with E-state index in [1.165, 1.54) is 12.8 Å². The Hall–Kier alpha value is -0.650. The highest BCUT2D eigenvalue weighted by Gasteiger charge is 2.41. The number of rotatable bonds is 4. The summed E-state index contributed by atoms with van der Waals surface area (Å²) in [6.45, 7) is 6.70. The molecule has 5 heteroatoms. The Balaban J connectivity index is 1.51. The number of hydrogen-bond acceptors (Lipinski definition) is 4. The first-order chi connectivity index (χ1) is 9.25. The maximum absolute atomic E-state index is 12.4. The van der Waals surface area contributed by atoms with Gasteiger partial charge in [0.1, 0.15) is 0 Å². The van der Waals surface area contributed by atoms with Crippen LogP contribution in [-0.4, -0.2) is 61.8 Å². The Labute approximate surface area is 115 Å². The molecule has 2 N–H and O–H groups in total. The Morgan fingerprint density at radius 1 is 1.32 bits per heavy atom. The fraction of sp³-hybridized carbons (Fsp3) is 0.929. The van der Waals surface area contributed by atoms with Crippen molar-refractivity contribution >= 4 is 5.91 Å². The van der Waals surface area contributed by atoms with Crippen LogP contribution in [0.3, 0.4) is 0 Å². The van der Waals surface area contributed by atoms with Gasteiger partial charge in [-0.1, -0.05) is 0 Å². The summed E-state index contributed by atoms with van der Waals surface area (Å²) in [5.41, 5.74) is 0. The normalized spacial score (nSPS) is 34.2. The van der Waals surface area contributed by atoms with Crippen molar-refractivity contribution in [3.05, 3.63) is 0 Å². The second-order valence-electron chi connectivity index (χ2n) is 6.04. The standard InChI is InChI=1S/C14H25N3O2/c1-10(17-7-5-15-6-8-17)14(18)16-12-4-9-19-13(12)11-2-3-11/h10-13,15H,2-9H2,1H3,(H,16,18). The molecule has 19 heavy (non-hydrogen) atoms. The molecule has 0 aromatic carbocycles. The van der Waals surface area contributed by atoms with E-state index in [1.807, 2.05) is 6.92 Å². The number of carbonyl (C=O) groups excluding carboxylic acids is 1. The Bertz CT molecular complexity index is 327. The maximum atomic E-state index is 12.4. The van der Waals surface area contributed by atoms with E-state index in [1.54, 1.807) is 0 Å². The third-order valence-corrected chi connectivity index (χ3v) is 4.63. The maximum Gasteiger partial charge on any atom is 0.237 e. The number of carbonyl (C=O) groups is 1. The van der Waals surface area contributed by atoms with Crippen molar-refractivity contribution in [1.82, 2.24) is 15.5 Å². The van der Waals surface area contributed by atoms with Crippen molar-refractivity contribution in [2.24, 2.45) is 5.92 Å². The van der Waals surface area contributed by atoms with Crippen LogP contribution >= 0.6 is 0 Å². The summed E-state index contributed by atoms with van der Waals surface area (Å²) in [5.74, 6) is 0.866. The molecule has 3 rings (SSSR count). The number of hydrogen-bond donors (Lipinski definition) is 2. The minimum atomic E-state index is -0.0254. The zero-order valence-corrected chi connectivity index (χ0v) is 11.7. The predicted octanol–water partition coefficient (Wildman–Crippen LogP) is -0.0362. The van der Waals surface area contributed by atoms with Crippen LogP contribution in [0.2, 0.25) is 0 Å². The molecule has 1 amide bonds. The van der Waals surface area contributed by atoms with E-state index in [4.69, 9.17) is 4.74 Å². The number of ether oxygens (including phenoxy) is 1. The monoisotopic (exact) mass is 267 g/mol. The Morgan fingerprint density at radius 2 is 2.05 bits per heavy atom. The Morgan fingerprint density at radius 3 is 2.74 bits per heavy atom. The fourth-order valence-corrected chi connectivity index (χ4v) is 3.19. The summed E-state index contributed by atoms with van der Waals surface area (Å²) in [6, 6.07) is 0.216. The number of nitrogens with one attached hydrogen (secondary N) is 2. The van der Waals surface area contributed by atoms with Crippen LogP contribution < -0.4 is 10.6 Å². The number of amides is 1. The van der Waals surface area contributed by atoms with Crippen LogP contribution in [0.15, 0.2) is 0 Å². The summed E-state index contributed by atoms with van der Waals surface area (Å²) in [7, 11) is 0. The zero-order valence-electron chi connectivity index (χ0n) is 11.7. The van der Waals surface area contributed by atoms with Crippen LogP contribution in [0.25, 0.3) is 0 Å². The van der Waals surface area contributed by atoms with Crippen molar-refractivity contribution in [2.75, 3.05) is 32.8 Å². The van der Waals surface area contributed by atoms with Crippen molar-refractivity contribution in [2.45, 2.75) is 44.4 Å². The summed E-state index contributed by atoms with van der Waals surface area (Å²) in [5, 5.41) is 6.54. The lowest BCUT2D eigenvalue weighted by molar-refractivity contribution is -0.127. The van der Waals surface area contributed by atoms with Crippen molar-refractivity contribution in [3.8, 4) is 0 Å². The summed E-state index contributed by atoms with van der Waals surface area (Å²) in [4.78, 5) is 14.6. The van der Waals surface area contributed by atoms with E-state index >= 15 is 0 Å². The molecule has 0 spiro atoms. The molecule has 3 unspecified atom stereocenters. The first kappa shape index (κ1) is 13.3. The second-order valence-corrected chi connectivity index (χ2v) is 6.04. The molecule has 3 fully saturated rings. The first-order valence-electron chi connectivity index (χ1n) is 7.62. The van der Waals surface area contributed by atoms with E-state index in [-0.39, 0.29) is 24.1 Å². The molecule has 0 radical (unpaired) electrons. The fourth-order valence-electron chi connectivity index (χ4n) is 3.19. The molecule has 5 nitrogen and oxygen atoms in total. The molecule has 0 aromatic heterocycles. The number of nitrogens with zero attached hydrogens (tertiary/aromatic N) is 1. The molecule has 3 aliphatic rings. The van der Waals surface area contributed by atoms with Crippen LogP contribution in [0.5, 0.6) is 0 Å². The van der Waals surface area contributed by atoms with E-state index < -0.39 is 0 Å². The topological polar surface area (TPSA) is 53.6 Å². The highest BCUT2D eigenvalue weighted by molar-refractivity contribution is 5.81. The van der Waals surface area contributed by atoms with E-state index in [2.05, 4.69) is 15.5 Å². The van der Waals surface area contributed by atoms with Gasteiger partial charge in [-0.2, -0.15) is 0 Å². The highest BCUT2D eigenvalue weighted by atomic mass is 16.5. The lowest BCUT2D eigenvalue weighted by atomic mass is 10.1. The van der Waals surface area contributed by atoms with Crippen molar-refractivity contribution < 1.29 is 9.53 Å². The third kappa shape index (κ3) is 3.09. The highest BCUT2D eigenvalue weighted by Crippen LogP contribution is 2.38. The molecular weight excluding hydrogens is 242 g/mol. The van der Waals surface area contributed by atoms with Crippen molar-refractivity contribution in [1.29, 1.82) is 0 Å². The molecule has 3 atom stereocenters. The molecule has 1 aliphatic carbocycles. The van der Waals surface area contributed by atoms with Crippen LogP contribution in [0, 0.1) is 5.92 Å². The Kier molecular flexibility index (Phi) is 4.05. The zero-order chi connectivity index (χ0) is 13.2. The summed E-state index contributed by atoms with van der Waals surface area (Å²) >= 11 is 0. The van der Waals surface area contributed by atoms with Gasteiger partial charge >= 0.3 is 0 Å². The predicted molar refractivity (Wildman–Crippen MR) is 72.9 cm³/mol. The minimum absolute atomic E-state index is 0.0254. The van der Waals surface area contributed by atoms with Gasteiger partial charge in [0.15, 0.2) is 0 Å². The largest absolute Gasteiger partial charge is 0.376 e. The van der Waals surface area contributed by atoms with E-state index in [9.17, 15) is 4.79 Å². The van der Waals surface area contributed by atoms with Gasteiger partial charge in [0.2, 0.25) is 5.91 Å². The van der Waals surface area contributed by atoms with Gasteiger partial charge in [-0.05, 0) is 32.1 Å². The quantitative estimate of drug-likeness (QED) is 0.751. The summed E-state index contributed by atoms with van der Waals surface area (Å²) in [6.07, 6.45) is 3.79. The van der Waals surface area contributed by atoms with E-state index in [0.29, 0.717) is 5.92 Å². The van der Waals surface area contributed by atoms with Gasteiger partial charge in [-0.15, -0.1) is 0 Å². The molecular formula is C14H25N3O2. The summed E-state index contributed by atoms with van der Waals surface area (Å²) < 4.78 is 5.78. The molecule has 2 aliphatic heterocycles. The second kappa shape index (κ2) is 5.77.